The van der Waals surface area contributed by atoms with Crippen molar-refractivity contribution in [2.75, 3.05) is 11.1 Å². The van der Waals surface area contributed by atoms with Crippen molar-refractivity contribution >= 4 is 57.4 Å². The summed E-state index contributed by atoms with van der Waals surface area (Å²) in [6.45, 7) is 0. The molecule has 0 unspecified atom stereocenters. The Bertz CT molecular complexity index is 849. The van der Waals surface area contributed by atoms with Gasteiger partial charge < -0.3 is 16.2 Å². The van der Waals surface area contributed by atoms with Gasteiger partial charge in [0.1, 0.15) is 11.0 Å². The van der Waals surface area contributed by atoms with Gasteiger partial charge in [-0.05, 0) is 30.3 Å². The third-order valence-electron chi connectivity index (χ3n) is 2.94. The van der Waals surface area contributed by atoms with Crippen molar-refractivity contribution < 1.29 is 9.90 Å². The molecule has 21 heavy (non-hydrogen) atoms. The summed E-state index contributed by atoms with van der Waals surface area (Å²) in [4.78, 5) is 11.0. The van der Waals surface area contributed by atoms with Crippen LogP contribution >= 0.6 is 23.3 Å². The summed E-state index contributed by atoms with van der Waals surface area (Å²) in [5, 5.41) is 12.5. The maximum Gasteiger partial charge on any atom is 0.335 e. The second-order valence-corrected chi connectivity index (χ2v) is 5.22. The van der Waals surface area contributed by atoms with Crippen LogP contribution in [0.5, 0.6) is 0 Å². The van der Waals surface area contributed by atoms with E-state index in [0.29, 0.717) is 33.1 Å². The molecule has 1 heterocycles. The normalized spacial score (nSPS) is 10.7. The molecule has 0 bridgehead atoms. The SMILES string of the molecule is Nc1ccc(C(=O)O)cc1Nc1c(Cl)ccc2nsnc12. The minimum Gasteiger partial charge on any atom is -0.478 e. The lowest BCUT2D eigenvalue weighted by Crippen LogP contribution is -2.02. The molecule has 0 aliphatic heterocycles. The summed E-state index contributed by atoms with van der Waals surface area (Å²) in [7, 11) is 0. The molecule has 4 N–H and O–H groups in total. The molecule has 0 saturated carbocycles. The summed E-state index contributed by atoms with van der Waals surface area (Å²) in [6.07, 6.45) is 0. The van der Waals surface area contributed by atoms with Crippen molar-refractivity contribution in [2.24, 2.45) is 0 Å². The minimum atomic E-state index is -1.03. The van der Waals surface area contributed by atoms with Crippen LogP contribution in [0, 0.1) is 0 Å². The topological polar surface area (TPSA) is 101 Å². The summed E-state index contributed by atoms with van der Waals surface area (Å²) >= 11 is 7.26. The smallest absolute Gasteiger partial charge is 0.335 e. The zero-order valence-corrected chi connectivity index (χ0v) is 12.1. The quantitative estimate of drug-likeness (QED) is 0.640. The summed E-state index contributed by atoms with van der Waals surface area (Å²) in [5.41, 5.74) is 8.75. The number of aromatic carboxylic acids is 1. The fourth-order valence-corrected chi connectivity index (χ4v) is 2.62. The van der Waals surface area contributed by atoms with Crippen LogP contribution in [-0.4, -0.2) is 19.8 Å². The van der Waals surface area contributed by atoms with Gasteiger partial charge in [0, 0.05) is 0 Å². The molecule has 0 saturated heterocycles. The largest absolute Gasteiger partial charge is 0.478 e. The van der Waals surface area contributed by atoms with Gasteiger partial charge in [-0.2, -0.15) is 8.75 Å². The Labute approximate surface area is 128 Å². The molecule has 0 fully saturated rings. The van der Waals surface area contributed by atoms with E-state index in [0.717, 1.165) is 11.7 Å². The number of fused-ring (bicyclic) bond motifs is 1. The standard InChI is InChI=1S/C13H9ClN4O2S/c14-7-2-4-9-12(18-21-17-9)11(7)16-10-5-6(13(19)20)1-3-8(10)15/h1-5,16H,15H2,(H,19,20). The Balaban J connectivity index is 2.10. The van der Waals surface area contributed by atoms with Gasteiger partial charge in [0.05, 0.1) is 39.4 Å². The molecule has 0 aliphatic rings. The molecule has 3 rings (SSSR count). The highest BCUT2D eigenvalue weighted by Crippen LogP contribution is 2.34. The van der Waals surface area contributed by atoms with Crippen LogP contribution in [0.15, 0.2) is 30.3 Å². The number of carboxylic acids is 1. The first kappa shape index (κ1) is 13.6. The van der Waals surface area contributed by atoms with E-state index in [9.17, 15) is 4.79 Å². The Morgan fingerprint density at radius 2 is 2.10 bits per heavy atom. The molecule has 0 spiro atoms. The fraction of sp³-hybridized carbons (Fsp3) is 0. The lowest BCUT2D eigenvalue weighted by atomic mass is 10.1. The van der Waals surface area contributed by atoms with E-state index in [2.05, 4.69) is 14.1 Å². The number of halogens is 1. The Hall–Kier alpha value is -2.38. The van der Waals surface area contributed by atoms with Crippen molar-refractivity contribution in [1.82, 2.24) is 8.75 Å². The molecule has 106 valence electrons. The van der Waals surface area contributed by atoms with E-state index in [1.807, 2.05) is 0 Å². The highest BCUT2D eigenvalue weighted by Gasteiger charge is 2.13. The van der Waals surface area contributed by atoms with Gasteiger partial charge >= 0.3 is 5.97 Å². The summed E-state index contributed by atoms with van der Waals surface area (Å²) in [5.74, 6) is -1.03. The third kappa shape index (κ3) is 2.48. The van der Waals surface area contributed by atoms with Crippen LogP contribution in [0.25, 0.3) is 11.0 Å². The second-order valence-electron chi connectivity index (χ2n) is 4.29. The van der Waals surface area contributed by atoms with Gasteiger partial charge in [-0.15, -0.1) is 0 Å². The average molecular weight is 321 g/mol. The molecule has 1 aromatic heterocycles. The first-order chi connectivity index (χ1) is 10.1. The molecule has 2 aromatic carbocycles. The van der Waals surface area contributed by atoms with Crippen molar-refractivity contribution in [2.45, 2.75) is 0 Å². The number of benzene rings is 2. The minimum absolute atomic E-state index is 0.131. The first-order valence-corrected chi connectivity index (χ1v) is 6.97. The van der Waals surface area contributed by atoms with Gasteiger partial charge in [-0.25, -0.2) is 4.79 Å². The molecular formula is C13H9ClN4O2S. The lowest BCUT2D eigenvalue weighted by Gasteiger charge is -2.12. The van der Waals surface area contributed by atoms with Crippen molar-refractivity contribution in [3.63, 3.8) is 0 Å². The second kappa shape index (κ2) is 5.19. The number of carboxylic acid groups (broad SMARTS) is 1. The van der Waals surface area contributed by atoms with Gasteiger partial charge in [-0.1, -0.05) is 11.6 Å². The molecule has 3 aromatic rings. The molecule has 0 amide bonds. The van der Waals surface area contributed by atoms with Gasteiger partial charge in [0.2, 0.25) is 0 Å². The molecule has 0 atom stereocenters. The zero-order chi connectivity index (χ0) is 15.0. The number of nitrogens with one attached hydrogen (secondary N) is 1. The average Bonchev–Trinajstić information content (AvgIpc) is 2.92. The number of nitrogens with zero attached hydrogens (tertiary/aromatic N) is 2. The van der Waals surface area contributed by atoms with Gasteiger partial charge in [-0.3, -0.25) is 0 Å². The predicted octanol–water partition coefficient (Wildman–Crippen LogP) is 3.37. The lowest BCUT2D eigenvalue weighted by molar-refractivity contribution is 0.0697. The van der Waals surface area contributed by atoms with E-state index in [4.69, 9.17) is 22.4 Å². The number of hydrogen-bond acceptors (Lipinski definition) is 6. The first-order valence-electron chi connectivity index (χ1n) is 5.87. The number of rotatable bonds is 3. The Kier molecular flexibility index (Phi) is 3.36. The zero-order valence-electron chi connectivity index (χ0n) is 10.5. The van der Waals surface area contributed by atoms with Crippen LogP contribution in [0.4, 0.5) is 17.1 Å². The number of anilines is 3. The van der Waals surface area contributed by atoms with Crippen molar-refractivity contribution in [1.29, 1.82) is 0 Å². The molecular weight excluding hydrogens is 312 g/mol. The Morgan fingerprint density at radius 1 is 1.29 bits per heavy atom. The van der Waals surface area contributed by atoms with E-state index >= 15 is 0 Å². The maximum atomic E-state index is 11.0. The van der Waals surface area contributed by atoms with E-state index in [-0.39, 0.29) is 5.56 Å². The van der Waals surface area contributed by atoms with Crippen molar-refractivity contribution in [3.05, 3.63) is 40.9 Å². The highest BCUT2D eigenvalue weighted by atomic mass is 35.5. The monoisotopic (exact) mass is 320 g/mol. The fourth-order valence-electron chi connectivity index (χ4n) is 1.88. The number of carbonyl (C=O) groups is 1. The summed E-state index contributed by atoms with van der Waals surface area (Å²) < 4.78 is 8.33. The molecule has 0 radical (unpaired) electrons. The van der Waals surface area contributed by atoms with Crippen LogP contribution in [0.2, 0.25) is 5.02 Å². The van der Waals surface area contributed by atoms with E-state index in [1.54, 1.807) is 12.1 Å². The van der Waals surface area contributed by atoms with Crippen LogP contribution in [-0.2, 0) is 0 Å². The number of hydrogen-bond donors (Lipinski definition) is 3. The van der Waals surface area contributed by atoms with Crippen molar-refractivity contribution in [3.8, 4) is 0 Å². The number of nitrogen functional groups attached to an aromatic ring is 1. The highest BCUT2D eigenvalue weighted by molar-refractivity contribution is 7.00. The summed E-state index contributed by atoms with van der Waals surface area (Å²) in [6, 6.07) is 7.88. The van der Waals surface area contributed by atoms with Gasteiger partial charge in [0.25, 0.3) is 0 Å². The predicted molar refractivity (Wildman–Crippen MR) is 83.5 cm³/mol. The Morgan fingerprint density at radius 3 is 2.86 bits per heavy atom. The van der Waals surface area contributed by atoms with E-state index in [1.165, 1.54) is 18.2 Å². The number of aromatic nitrogens is 2. The third-order valence-corrected chi connectivity index (χ3v) is 3.79. The maximum absolute atomic E-state index is 11.0. The molecule has 6 nitrogen and oxygen atoms in total. The van der Waals surface area contributed by atoms with Crippen LogP contribution in [0.3, 0.4) is 0 Å². The molecule has 8 heteroatoms. The van der Waals surface area contributed by atoms with Gasteiger partial charge in [0.15, 0.2) is 0 Å². The van der Waals surface area contributed by atoms with Crippen LogP contribution in [0.1, 0.15) is 10.4 Å². The van der Waals surface area contributed by atoms with E-state index < -0.39 is 5.97 Å². The molecule has 0 aliphatic carbocycles. The van der Waals surface area contributed by atoms with Crippen LogP contribution < -0.4 is 11.1 Å². The number of nitrogens with two attached hydrogens (primary N) is 1.